The third-order valence-corrected chi connectivity index (χ3v) is 2.98. The van der Waals surface area contributed by atoms with Crippen molar-refractivity contribution in [1.82, 2.24) is 4.98 Å². The van der Waals surface area contributed by atoms with Crippen LogP contribution in [0.3, 0.4) is 0 Å². The standard InChI is InChI=1S/C9H9N3OS/c10-3-8-7(11)1-2-9(12-8)14-6-4-13-5-6/h1-2,6H,4-5,11H2. The summed E-state index contributed by atoms with van der Waals surface area (Å²) in [6, 6.07) is 5.51. The number of nitrogens with two attached hydrogens (primary N) is 1. The van der Waals surface area contributed by atoms with Crippen LogP contribution in [0.5, 0.6) is 0 Å². The molecule has 1 aliphatic rings. The number of thioether (sulfide) groups is 1. The number of hydrogen-bond acceptors (Lipinski definition) is 5. The van der Waals surface area contributed by atoms with Crippen molar-refractivity contribution in [2.24, 2.45) is 0 Å². The zero-order valence-electron chi connectivity index (χ0n) is 7.43. The van der Waals surface area contributed by atoms with Crippen molar-refractivity contribution in [2.45, 2.75) is 10.3 Å². The molecule has 1 fully saturated rings. The molecule has 0 saturated carbocycles. The van der Waals surface area contributed by atoms with Gasteiger partial charge in [0.15, 0.2) is 5.69 Å². The van der Waals surface area contributed by atoms with Crippen LogP contribution in [0.15, 0.2) is 17.2 Å². The molecule has 0 spiro atoms. The topological polar surface area (TPSA) is 71.9 Å². The maximum Gasteiger partial charge on any atom is 0.164 e. The van der Waals surface area contributed by atoms with Crippen molar-refractivity contribution in [3.05, 3.63) is 17.8 Å². The summed E-state index contributed by atoms with van der Waals surface area (Å²) in [6.07, 6.45) is 0. The molecule has 2 heterocycles. The third kappa shape index (κ3) is 1.81. The zero-order valence-corrected chi connectivity index (χ0v) is 8.25. The first-order valence-corrected chi connectivity index (χ1v) is 5.08. The number of anilines is 1. The minimum atomic E-state index is 0.301. The summed E-state index contributed by atoms with van der Waals surface area (Å²) < 4.78 is 5.05. The van der Waals surface area contributed by atoms with Crippen LogP contribution in [0, 0.1) is 11.3 Å². The molecule has 2 N–H and O–H groups in total. The van der Waals surface area contributed by atoms with Crippen molar-refractivity contribution in [1.29, 1.82) is 5.26 Å². The van der Waals surface area contributed by atoms with E-state index in [-0.39, 0.29) is 0 Å². The van der Waals surface area contributed by atoms with Gasteiger partial charge in [-0.2, -0.15) is 5.26 Å². The highest BCUT2D eigenvalue weighted by atomic mass is 32.2. The van der Waals surface area contributed by atoms with Crippen molar-refractivity contribution >= 4 is 17.4 Å². The third-order valence-electron chi connectivity index (χ3n) is 1.90. The van der Waals surface area contributed by atoms with Crippen LogP contribution in [0.25, 0.3) is 0 Å². The number of pyridine rings is 1. The summed E-state index contributed by atoms with van der Waals surface area (Å²) in [6.45, 7) is 1.53. The largest absolute Gasteiger partial charge is 0.396 e. The van der Waals surface area contributed by atoms with Gasteiger partial charge in [-0.05, 0) is 12.1 Å². The fourth-order valence-corrected chi connectivity index (χ4v) is 2.02. The second kappa shape index (κ2) is 3.86. The van der Waals surface area contributed by atoms with Gasteiger partial charge in [0.2, 0.25) is 0 Å². The first kappa shape index (κ1) is 9.31. The Labute approximate surface area is 86.1 Å². The molecule has 0 atom stereocenters. The van der Waals surface area contributed by atoms with Gasteiger partial charge in [0.1, 0.15) is 6.07 Å². The smallest absolute Gasteiger partial charge is 0.164 e. The van der Waals surface area contributed by atoms with Crippen LogP contribution in [-0.4, -0.2) is 23.4 Å². The number of ether oxygens (including phenoxy) is 1. The Bertz CT molecular complexity index is 384. The van der Waals surface area contributed by atoms with E-state index in [9.17, 15) is 0 Å². The van der Waals surface area contributed by atoms with E-state index in [0.29, 0.717) is 16.6 Å². The molecular weight excluding hydrogens is 198 g/mol. The molecule has 1 aliphatic heterocycles. The first-order chi connectivity index (χ1) is 6.79. The lowest BCUT2D eigenvalue weighted by atomic mass is 10.3. The van der Waals surface area contributed by atoms with E-state index in [1.54, 1.807) is 17.8 Å². The summed E-state index contributed by atoms with van der Waals surface area (Å²) >= 11 is 1.63. The van der Waals surface area contributed by atoms with Crippen LogP contribution in [-0.2, 0) is 4.74 Å². The molecule has 1 aromatic heterocycles. The highest BCUT2D eigenvalue weighted by molar-refractivity contribution is 8.00. The van der Waals surface area contributed by atoms with Crippen LogP contribution >= 0.6 is 11.8 Å². The molecule has 0 amide bonds. The molecule has 4 nitrogen and oxygen atoms in total. The van der Waals surface area contributed by atoms with E-state index >= 15 is 0 Å². The molecule has 0 aromatic carbocycles. The van der Waals surface area contributed by atoms with Gasteiger partial charge in [-0.25, -0.2) is 4.98 Å². The Morgan fingerprint density at radius 3 is 2.93 bits per heavy atom. The van der Waals surface area contributed by atoms with Gasteiger partial charge in [-0.15, -0.1) is 0 Å². The quantitative estimate of drug-likeness (QED) is 0.784. The molecule has 14 heavy (non-hydrogen) atoms. The van der Waals surface area contributed by atoms with E-state index in [1.165, 1.54) is 0 Å². The summed E-state index contributed by atoms with van der Waals surface area (Å²) in [4.78, 5) is 4.13. The molecule has 0 unspecified atom stereocenters. The molecule has 5 heteroatoms. The normalized spacial score (nSPS) is 15.9. The number of nitriles is 1. The maximum absolute atomic E-state index is 8.72. The first-order valence-electron chi connectivity index (χ1n) is 4.20. The predicted molar refractivity (Wildman–Crippen MR) is 53.8 cm³/mol. The number of nitrogens with zero attached hydrogens (tertiary/aromatic N) is 2. The lowest BCUT2D eigenvalue weighted by Crippen LogP contribution is -2.30. The second-order valence-electron chi connectivity index (χ2n) is 2.98. The minimum Gasteiger partial charge on any atom is -0.396 e. The van der Waals surface area contributed by atoms with Gasteiger partial charge in [0, 0.05) is 0 Å². The molecular formula is C9H9N3OS. The molecule has 0 bridgehead atoms. The molecule has 2 rings (SSSR count). The minimum absolute atomic E-state index is 0.301. The van der Waals surface area contributed by atoms with Crippen molar-refractivity contribution in [2.75, 3.05) is 18.9 Å². The van der Waals surface area contributed by atoms with Gasteiger partial charge in [-0.1, -0.05) is 11.8 Å². The predicted octanol–water partition coefficient (Wildman–Crippen LogP) is 1.03. The average molecular weight is 207 g/mol. The fraction of sp³-hybridized carbons (Fsp3) is 0.333. The highest BCUT2D eigenvalue weighted by Gasteiger charge is 2.20. The molecule has 0 radical (unpaired) electrons. The number of aromatic nitrogens is 1. The Balaban J connectivity index is 2.14. The van der Waals surface area contributed by atoms with E-state index in [0.717, 1.165) is 18.2 Å². The average Bonchev–Trinajstić information content (AvgIpc) is 2.14. The SMILES string of the molecule is N#Cc1nc(SC2COC2)ccc1N. The van der Waals surface area contributed by atoms with Crippen molar-refractivity contribution in [3.8, 4) is 6.07 Å². The lowest BCUT2D eigenvalue weighted by molar-refractivity contribution is 0.0454. The monoisotopic (exact) mass is 207 g/mol. The zero-order chi connectivity index (χ0) is 9.97. The van der Waals surface area contributed by atoms with Crippen molar-refractivity contribution < 1.29 is 4.74 Å². The summed E-state index contributed by atoms with van der Waals surface area (Å²) in [5.74, 6) is 0. The maximum atomic E-state index is 8.72. The van der Waals surface area contributed by atoms with E-state index in [2.05, 4.69) is 4.98 Å². The van der Waals surface area contributed by atoms with Crippen LogP contribution in [0.4, 0.5) is 5.69 Å². The number of nitrogen functional groups attached to an aromatic ring is 1. The van der Waals surface area contributed by atoms with Gasteiger partial charge in [0.25, 0.3) is 0 Å². The Hall–Kier alpha value is -1.25. The lowest BCUT2D eigenvalue weighted by Gasteiger charge is -2.24. The number of rotatable bonds is 2. The van der Waals surface area contributed by atoms with Crippen molar-refractivity contribution in [3.63, 3.8) is 0 Å². The van der Waals surface area contributed by atoms with Gasteiger partial charge < -0.3 is 10.5 Å². The Morgan fingerprint density at radius 1 is 1.57 bits per heavy atom. The van der Waals surface area contributed by atoms with Gasteiger partial charge in [-0.3, -0.25) is 0 Å². The Morgan fingerprint density at radius 2 is 2.36 bits per heavy atom. The van der Waals surface area contributed by atoms with E-state index in [4.69, 9.17) is 15.7 Å². The number of hydrogen-bond donors (Lipinski definition) is 1. The highest BCUT2D eigenvalue weighted by Crippen LogP contribution is 2.27. The summed E-state index contributed by atoms with van der Waals surface area (Å²) in [5, 5.41) is 10.0. The van der Waals surface area contributed by atoms with Crippen LogP contribution in [0.2, 0.25) is 0 Å². The molecule has 1 aromatic rings. The van der Waals surface area contributed by atoms with Gasteiger partial charge >= 0.3 is 0 Å². The summed E-state index contributed by atoms with van der Waals surface area (Å²) in [7, 11) is 0. The van der Waals surface area contributed by atoms with Crippen LogP contribution < -0.4 is 5.73 Å². The Kier molecular flexibility index (Phi) is 2.57. The van der Waals surface area contributed by atoms with Crippen LogP contribution in [0.1, 0.15) is 5.69 Å². The second-order valence-corrected chi connectivity index (χ2v) is 4.30. The molecule has 0 aliphatic carbocycles. The summed E-state index contributed by atoms with van der Waals surface area (Å²) in [5.41, 5.74) is 6.29. The van der Waals surface area contributed by atoms with Gasteiger partial charge in [0.05, 0.1) is 29.2 Å². The van der Waals surface area contributed by atoms with E-state index < -0.39 is 0 Å². The molecule has 1 saturated heterocycles. The van der Waals surface area contributed by atoms with E-state index in [1.807, 2.05) is 12.1 Å². The fourth-order valence-electron chi connectivity index (χ4n) is 1.06. The molecule has 72 valence electrons.